The Kier molecular flexibility index (Phi) is 4.87. The number of fused-ring (bicyclic) bond motifs is 1. The number of nitrogens with zero attached hydrogens (tertiary/aromatic N) is 2. The SMILES string of the molecule is Cc1ccc(NC(=O)c2cnn3c2NC2=C(C(=O)CCC2)[C@@H]3c2ccc(Cl)cc2)cc1. The number of nitrogens with one attached hydrogen (secondary N) is 2. The number of allylic oxidation sites excluding steroid dienone is 2. The van der Waals surface area contributed by atoms with E-state index in [1.54, 1.807) is 23.0 Å². The molecule has 0 saturated heterocycles. The van der Waals surface area contributed by atoms with Crippen LogP contribution in [0.25, 0.3) is 0 Å². The lowest BCUT2D eigenvalue weighted by molar-refractivity contribution is -0.116. The van der Waals surface area contributed by atoms with Crippen LogP contribution in [-0.2, 0) is 4.79 Å². The topological polar surface area (TPSA) is 76.0 Å². The molecule has 1 aromatic heterocycles. The van der Waals surface area contributed by atoms with E-state index in [1.807, 2.05) is 43.3 Å². The number of ketones is 1. The third-order valence-corrected chi connectivity index (χ3v) is 6.03. The summed E-state index contributed by atoms with van der Waals surface area (Å²) in [5.74, 6) is 0.456. The Bertz CT molecular complexity index is 1210. The fraction of sp³-hybridized carbons (Fsp3) is 0.208. The summed E-state index contributed by atoms with van der Waals surface area (Å²) >= 11 is 6.08. The van der Waals surface area contributed by atoms with Gasteiger partial charge in [0.2, 0.25) is 0 Å². The predicted octanol–water partition coefficient (Wildman–Crippen LogP) is 5.12. The normalized spacial score (nSPS) is 17.6. The number of Topliss-reactive ketones (excluding diaryl/α,β-unsaturated/α-hetero) is 1. The molecule has 2 aromatic carbocycles. The Labute approximate surface area is 184 Å². The van der Waals surface area contributed by atoms with Crippen LogP contribution < -0.4 is 10.6 Å². The van der Waals surface area contributed by atoms with Gasteiger partial charge < -0.3 is 10.6 Å². The standard InChI is InChI=1S/C24H21ClN4O2/c1-14-5-11-17(12-6-14)27-24(31)18-13-26-29-22(15-7-9-16(25)10-8-15)21-19(28-23(18)29)3-2-4-20(21)30/h5-13,22,28H,2-4H2,1H3,(H,27,31)/t22-/m0/s1. The zero-order valence-corrected chi connectivity index (χ0v) is 17.7. The first-order valence-corrected chi connectivity index (χ1v) is 10.6. The lowest BCUT2D eigenvalue weighted by Crippen LogP contribution is -2.32. The zero-order valence-electron chi connectivity index (χ0n) is 17.0. The van der Waals surface area contributed by atoms with Crippen molar-refractivity contribution in [1.82, 2.24) is 9.78 Å². The van der Waals surface area contributed by atoms with Gasteiger partial charge in [-0.1, -0.05) is 41.4 Å². The van der Waals surface area contributed by atoms with Gasteiger partial charge in [-0.25, -0.2) is 4.68 Å². The Morgan fingerprint density at radius 3 is 2.61 bits per heavy atom. The van der Waals surface area contributed by atoms with Crippen LogP contribution in [0.4, 0.5) is 11.5 Å². The van der Waals surface area contributed by atoms with Gasteiger partial charge in [0.1, 0.15) is 17.4 Å². The van der Waals surface area contributed by atoms with Gasteiger partial charge in [0.25, 0.3) is 5.91 Å². The predicted molar refractivity (Wildman–Crippen MR) is 120 cm³/mol. The van der Waals surface area contributed by atoms with E-state index in [4.69, 9.17) is 11.6 Å². The number of halogens is 1. The Morgan fingerprint density at radius 2 is 1.87 bits per heavy atom. The van der Waals surface area contributed by atoms with Crippen LogP contribution in [0.5, 0.6) is 0 Å². The number of rotatable bonds is 3. The highest BCUT2D eigenvalue weighted by Crippen LogP contribution is 2.41. The molecule has 7 heteroatoms. The summed E-state index contributed by atoms with van der Waals surface area (Å²) in [6.07, 6.45) is 3.62. The molecule has 0 radical (unpaired) electrons. The molecule has 3 aromatic rings. The lowest BCUT2D eigenvalue weighted by Gasteiger charge is -2.33. The fourth-order valence-electron chi connectivity index (χ4n) is 4.21. The third kappa shape index (κ3) is 3.53. The summed E-state index contributed by atoms with van der Waals surface area (Å²) in [7, 11) is 0. The van der Waals surface area contributed by atoms with E-state index in [1.165, 1.54) is 0 Å². The minimum atomic E-state index is -0.391. The lowest BCUT2D eigenvalue weighted by atomic mass is 9.85. The van der Waals surface area contributed by atoms with Gasteiger partial charge in [-0.3, -0.25) is 9.59 Å². The number of hydrogen-bond donors (Lipinski definition) is 2. The number of hydrogen-bond acceptors (Lipinski definition) is 4. The number of benzene rings is 2. The molecule has 1 atom stereocenters. The van der Waals surface area contributed by atoms with E-state index in [9.17, 15) is 9.59 Å². The van der Waals surface area contributed by atoms with Gasteiger partial charge in [-0.05, 0) is 49.6 Å². The maximum Gasteiger partial charge on any atom is 0.261 e. The Hall–Kier alpha value is -3.38. The fourth-order valence-corrected chi connectivity index (χ4v) is 4.34. The van der Waals surface area contributed by atoms with Gasteiger partial charge in [0, 0.05) is 28.4 Å². The molecule has 0 bridgehead atoms. The largest absolute Gasteiger partial charge is 0.343 e. The molecule has 156 valence electrons. The average molecular weight is 433 g/mol. The molecule has 6 nitrogen and oxygen atoms in total. The molecular weight excluding hydrogens is 412 g/mol. The molecule has 0 unspecified atom stereocenters. The summed E-state index contributed by atoms with van der Waals surface area (Å²) in [4.78, 5) is 25.9. The molecule has 0 spiro atoms. The van der Waals surface area contributed by atoms with Crippen molar-refractivity contribution in [3.05, 3.63) is 87.7 Å². The van der Waals surface area contributed by atoms with Crippen molar-refractivity contribution in [3.63, 3.8) is 0 Å². The number of aromatic nitrogens is 2. The van der Waals surface area contributed by atoms with Crippen LogP contribution in [-0.4, -0.2) is 21.5 Å². The number of amides is 1. The van der Waals surface area contributed by atoms with Crippen LogP contribution in [0.1, 0.15) is 46.8 Å². The number of carbonyl (C=O) groups excluding carboxylic acids is 2. The summed E-state index contributed by atoms with van der Waals surface area (Å²) in [5.41, 5.74) is 4.76. The molecule has 2 aliphatic rings. The van der Waals surface area contributed by atoms with Crippen molar-refractivity contribution < 1.29 is 9.59 Å². The molecule has 1 aliphatic heterocycles. The molecule has 31 heavy (non-hydrogen) atoms. The zero-order chi connectivity index (χ0) is 21.5. The van der Waals surface area contributed by atoms with Crippen LogP contribution in [0, 0.1) is 6.92 Å². The van der Waals surface area contributed by atoms with E-state index < -0.39 is 6.04 Å². The van der Waals surface area contributed by atoms with Crippen LogP contribution >= 0.6 is 11.6 Å². The first kappa shape index (κ1) is 19.6. The minimum absolute atomic E-state index is 0.112. The third-order valence-electron chi connectivity index (χ3n) is 5.78. The van der Waals surface area contributed by atoms with Crippen LogP contribution in [0.15, 0.2) is 66.0 Å². The van der Waals surface area contributed by atoms with Crippen molar-refractivity contribution in [2.75, 3.05) is 10.6 Å². The van der Waals surface area contributed by atoms with Gasteiger partial charge in [-0.2, -0.15) is 5.10 Å². The monoisotopic (exact) mass is 432 g/mol. The molecule has 1 aliphatic carbocycles. The number of carbonyl (C=O) groups is 2. The van der Waals surface area contributed by atoms with Gasteiger partial charge in [0.05, 0.1) is 6.20 Å². The highest BCUT2D eigenvalue weighted by atomic mass is 35.5. The van der Waals surface area contributed by atoms with Crippen molar-refractivity contribution >= 4 is 34.8 Å². The molecule has 0 fully saturated rings. The quantitative estimate of drug-likeness (QED) is 0.602. The highest BCUT2D eigenvalue weighted by molar-refractivity contribution is 6.30. The van der Waals surface area contributed by atoms with Gasteiger partial charge in [0.15, 0.2) is 5.78 Å². The summed E-state index contributed by atoms with van der Waals surface area (Å²) in [6, 6.07) is 14.7. The van der Waals surface area contributed by atoms with E-state index in [-0.39, 0.29) is 11.7 Å². The van der Waals surface area contributed by atoms with E-state index >= 15 is 0 Å². The molecule has 5 rings (SSSR count). The average Bonchev–Trinajstić information content (AvgIpc) is 3.18. The molecule has 1 amide bonds. The number of aryl methyl sites for hydroxylation is 1. The summed E-state index contributed by atoms with van der Waals surface area (Å²) in [5, 5.41) is 11.4. The van der Waals surface area contributed by atoms with Crippen LogP contribution in [0.3, 0.4) is 0 Å². The van der Waals surface area contributed by atoms with E-state index in [0.29, 0.717) is 28.5 Å². The Morgan fingerprint density at radius 1 is 1.13 bits per heavy atom. The highest BCUT2D eigenvalue weighted by Gasteiger charge is 2.37. The second kappa shape index (κ2) is 7.71. The van der Waals surface area contributed by atoms with Gasteiger partial charge >= 0.3 is 0 Å². The number of anilines is 2. The second-order valence-electron chi connectivity index (χ2n) is 7.92. The Balaban J connectivity index is 1.56. The summed E-state index contributed by atoms with van der Waals surface area (Å²) in [6.45, 7) is 2.00. The molecular formula is C24H21ClN4O2. The van der Waals surface area contributed by atoms with Crippen molar-refractivity contribution in [2.45, 2.75) is 32.2 Å². The molecule has 2 heterocycles. The van der Waals surface area contributed by atoms with Crippen molar-refractivity contribution in [1.29, 1.82) is 0 Å². The van der Waals surface area contributed by atoms with Crippen LogP contribution in [0.2, 0.25) is 5.02 Å². The minimum Gasteiger partial charge on any atom is -0.343 e. The van der Waals surface area contributed by atoms with Crippen molar-refractivity contribution in [2.24, 2.45) is 0 Å². The van der Waals surface area contributed by atoms with E-state index in [2.05, 4.69) is 15.7 Å². The first-order chi connectivity index (χ1) is 15.0. The molecule has 2 N–H and O–H groups in total. The van der Waals surface area contributed by atoms with E-state index in [0.717, 1.165) is 35.2 Å². The maximum absolute atomic E-state index is 13.0. The second-order valence-corrected chi connectivity index (χ2v) is 8.36. The maximum atomic E-state index is 13.0. The van der Waals surface area contributed by atoms with Crippen molar-refractivity contribution in [3.8, 4) is 0 Å². The first-order valence-electron chi connectivity index (χ1n) is 10.3. The molecule has 0 saturated carbocycles. The summed E-state index contributed by atoms with van der Waals surface area (Å²) < 4.78 is 1.73. The smallest absolute Gasteiger partial charge is 0.261 e. The van der Waals surface area contributed by atoms with Gasteiger partial charge in [-0.15, -0.1) is 0 Å².